The van der Waals surface area contributed by atoms with Crippen LogP contribution in [0.25, 0.3) is 0 Å². The van der Waals surface area contributed by atoms with Gasteiger partial charge in [0.25, 0.3) is 5.56 Å². The molecule has 0 saturated carbocycles. The molecule has 1 atom stereocenters. The van der Waals surface area contributed by atoms with Crippen molar-refractivity contribution in [3.8, 4) is 0 Å². The summed E-state index contributed by atoms with van der Waals surface area (Å²) in [6.07, 6.45) is 5.28. The quantitative estimate of drug-likeness (QED) is 0.792. The van der Waals surface area contributed by atoms with E-state index in [1.54, 1.807) is 4.90 Å². The van der Waals surface area contributed by atoms with Gasteiger partial charge in [-0.15, -0.1) is 0 Å². The highest BCUT2D eigenvalue weighted by molar-refractivity contribution is 5.78. The third kappa shape index (κ3) is 2.91. The van der Waals surface area contributed by atoms with Gasteiger partial charge in [0.15, 0.2) is 0 Å². The standard InChI is InChI=1S/C15H21N3O4/c19-12-2-1-7-22-15(12)3-5-18(6-4-15)13(20)8-11-9-16-10-17-14(11)21/h9-10,12,19H,1-8H2,(H,16,17,21)/t12-/m0/s1. The summed E-state index contributed by atoms with van der Waals surface area (Å²) < 4.78 is 5.83. The van der Waals surface area contributed by atoms with E-state index in [-0.39, 0.29) is 17.9 Å². The second-order valence-corrected chi connectivity index (χ2v) is 6.03. The summed E-state index contributed by atoms with van der Waals surface area (Å²) in [5, 5.41) is 10.2. The number of nitrogens with one attached hydrogen (secondary N) is 1. The molecule has 1 aromatic rings. The minimum absolute atomic E-state index is 0.0551. The lowest BCUT2D eigenvalue weighted by Crippen LogP contribution is -2.56. The van der Waals surface area contributed by atoms with Crippen molar-refractivity contribution in [2.75, 3.05) is 19.7 Å². The average Bonchev–Trinajstić information content (AvgIpc) is 2.53. The number of aliphatic hydroxyl groups excluding tert-OH is 1. The molecule has 0 unspecified atom stereocenters. The van der Waals surface area contributed by atoms with Crippen molar-refractivity contribution in [2.24, 2.45) is 0 Å². The fourth-order valence-corrected chi connectivity index (χ4v) is 3.30. The molecule has 2 fully saturated rings. The van der Waals surface area contributed by atoms with Gasteiger partial charge in [0.1, 0.15) is 0 Å². The van der Waals surface area contributed by atoms with E-state index in [9.17, 15) is 14.7 Å². The fourth-order valence-electron chi connectivity index (χ4n) is 3.30. The van der Waals surface area contributed by atoms with E-state index in [4.69, 9.17) is 4.74 Å². The van der Waals surface area contributed by atoms with Gasteiger partial charge in [-0.05, 0) is 25.7 Å². The van der Waals surface area contributed by atoms with Crippen molar-refractivity contribution < 1.29 is 14.6 Å². The molecule has 2 aliphatic rings. The van der Waals surface area contributed by atoms with E-state index in [1.807, 2.05) is 0 Å². The van der Waals surface area contributed by atoms with Crippen molar-refractivity contribution in [1.29, 1.82) is 0 Å². The zero-order valence-corrected chi connectivity index (χ0v) is 12.5. The first-order valence-corrected chi connectivity index (χ1v) is 7.72. The van der Waals surface area contributed by atoms with Crippen LogP contribution in [0.3, 0.4) is 0 Å². The van der Waals surface area contributed by atoms with Crippen molar-refractivity contribution in [2.45, 2.75) is 43.8 Å². The number of hydrogen-bond donors (Lipinski definition) is 2. The molecule has 7 heteroatoms. The second kappa shape index (κ2) is 6.18. The van der Waals surface area contributed by atoms with Crippen molar-refractivity contribution >= 4 is 5.91 Å². The molecule has 0 radical (unpaired) electrons. The van der Waals surface area contributed by atoms with Crippen LogP contribution in [0.1, 0.15) is 31.2 Å². The number of piperidine rings is 1. The summed E-state index contributed by atoms with van der Waals surface area (Å²) in [6.45, 7) is 1.78. The highest BCUT2D eigenvalue weighted by Crippen LogP contribution is 2.35. The molecule has 7 nitrogen and oxygen atoms in total. The minimum Gasteiger partial charge on any atom is -0.390 e. The molecule has 1 spiro atoms. The normalized spacial score (nSPS) is 24.4. The van der Waals surface area contributed by atoms with E-state index >= 15 is 0 Å². The number of nitrogens with zero attached hydrogens (tertiary/aromatic N) is 2. The Bertz CT molecular complexity index is 592. The smallest absolute Gasteiger partial charge is 0.254 e. The predicted molar refractivity (Wildman–Crippen MR) is 78.3 cm³/mol. The maximum absolute atomic E-state index is 12.3. The van der Waals surface area contributed by atoms with Crippen LogP contribution in [0.15, 0.2) is 17.3 Å². The topological polar surface area (TPSA) is 95.5 Å². The Labute approximate surface area is 128 Å². The van der Waals surface area contributed by atoms with E-state index in [1.165, 1.54) is 12.5 Å². The molecule has 2 N–H and O–H groups in total. The molecule has 0 aromatic carbocycles. The van der Waals surface area contributed by atoms with Crippen molar-refractivity contribution in [3.63, 3.8) is 0 Å². The van der Waals surface area contributed by atoms with Crippen molar-refractivity contribution in [3.05, 3.63) is 28.4 Å². The number of carbonyl (C=O) groups excluding carboxylic acids is 1. The lowest BCUT2D eigenvalue weighted by atomic mass is 9.82. The summed E-state index contributed by atoms with van der Waals surface area (Å²) in [5.74, 6) is -0.0846. The Morgan fingerprint density at radius 3 is 2.95 bits per heavy atom. The zero-order valence-electron chi connectivity index (χ0n) is 12.5. The molecule has 0 bridgehead atoms. The number of aromatic amines is 1. The number of aromatic nitrogens is 2. The third-order valence-electron chi connectivity index (χ3n) is 4.72. The predicted octanol–water partition coefficient (Wildman–Crippen LogP) is -0.155. The van der Waals surface area contributed by atoms with Crippen LogP contribution in [0.5, 0.6) is 0 Å². The molecule has 3 heterocycles. The maximum Gasteiger partial charge on any atom is 0.254 e. The number of aliphatic hydroxyl groups is 1. The van der Waals surface area contributed by atoms with Gasteiger partial charge < -0.3 is 19.7 Å². The van der Waals surface area contributed by atoms with E-state index < -0.39 is 11.7 Å². The monoisotopic (exact) mass is 307 g/mol. The fraction of sp³-hybridized carbons (Fsp3) is 0.667. The molecular weight excluding hydrogens is 286 g/mol. The molecule has 120 valence electrons. The van der Waals surface area contributed by atoms with Gasteiger partial charge in [-0.25, -0.2) is 4.98 Å². The second-order valence-electron chi connectivity index (χ2n) is 6.03. The van der Waals surface area contributed by atoms with Gasteiger partial charge in [-0.2, -0.15) is 0 Å². The molecule has 1 amide bonds. The number of likely N-dealkylation sites (tertiary alicyclic amines) is 1. The van der Waals surface area contributed by atoms with E-state index in [0.717, 1.165) is 12.8 Å². The van der Waals surface area contributed by atoms with Gasteiger partial charge in [0, 0.05) is 31.5 Å². The van der Waals surface area contributed by atoms with Crippen LogP contribution in [-0.4, -0.2) is 57.3 Å². The van der Waals surface area contributed by atoms with Gasteiger partial charge in [-0.1, -0.05) is 0 Å². The lowest BCUT2D eigenvalue weighted by molar-refractivity contribution is -0.179. The number of rotatable bonds is 2. The Kier molecular flexibility index (Phi) is 4.26. The Balaban J connectivity index is 1.60. The molecule has 3 rings (SSSR count). The van der Waals surface area contributed by atoms with Gasteiger partial charge in [-0.3, -0.25) is 9.59 Å². The average molecular weight is 307 g/mol. The summed E-state index contributed by atoms with van der Waals surface area (Å²) in [5.41, 5.74) is -0.384. The molecule has 0 aliphatic carbocycles. The molecule has 2 aliphatic heterocycles. The number of carbonyl (C=O) groups is 1. The number of ether oxygens (including phenoxy) is 1. The van der Waals surface area contributed by atoms with Crippen molar-refractivity contribution in [1.82, 2.24) is 14.9 Å². The first kappa shape index (κ1) is 15.2. The lowest BCUT2D eigenvalue weighted by Gasteiger charge is -2.46. The summed E-state index contributed by atoms with van der Waals surface area (Å²) in [4.78, 5) is 32.0. The molecule has 22 heavy (non-hydrogen) atoms. The van der Waals surface area contributed by atoms with Gasteiger partial charge in [0.05, 0.1) is 24.5 Å². The van der Waals surface area contributed by atoms with Crippen LogP contribution >= 0.6 is 0 Å². The Morgan fingerprint density at radius 2 is 2.27 bits per heavy atom. The Hall–Kier alpha value is -1.73. The van der Waals surface area contributed by atoms with E-state index in [2.05, 4.69) is 9.97 Å². The number of H-pyrrole nitrogens is 1. The molecule has 2 saturated heterocycles. The summed E-state index contributed by atoms with van der Waals surface area (Å²) in [6, 6.07) is 0. The largest absolute Gasteiger partial charge is 0.390 e. The molecular formula is C15H21N3O4. The summed E-state index contributed by atoms with van der Waals surface area (Å²) >= 11 is 0. The number of amides is 1. The van der Waals surface area contributed by atoms with Gasteiger partial charge >= 0.3 is 0 Å². The SMILES string of the molecule is O=C(Cc1cnc[nH]c1=O)N1CCC2(CC1)OCCC[C@@H]2O. The summed E-state index contributed by atoms with van der Waals surface area (Å²) in [7, 11) is 0. The first-order valence-electron chi connectivity index (χ1n) is 7.72. The first-order chi connectivity index (χ1) is 10.6. The highest BCUT2D eigenvalue weighted by Gasteiger charge is 2.44. The van der Waals surface area contributed by atoms with Gasteiger partial charge in [0.2, 0.25) is 5.91 Å². The van der Waals surface area contributed by atoms with Crippen LogP contribution < -0.4 is 5.56 Å². The minimum atomic E-state index is -0.485. The maximum atomic E-state index is 12.3. The molecule has 1 aromatic heterocycles. The Morgan fingerprint density at radius 1 is 1.50 bits per heavy atom. The third-order valence-corrected chi connectivity index (χ3v) is 4.72. The van der Waals surface area contributed by atoms with E-state index in [0.29, 0.717) is 38.1 Å². The van der Waals surface area contributed by atoms with Crippen LogP contribution in [-0.2, 0) is 16.0 Å². The highest BCUT2D eigenvalue weighted by atomic mass is 16.5. The zero-order chi connectivity index (χ0) is 15.6. The van der Waals surface area contributed by atoms with Crippen LogP contribution in [0.4, 0.5) is 0 Å². The van der Waals surface area contributed by atoms with Crippen LogP contribution in [0.2, 0.25) is 0 Å². The van der Waals surface area contributed by atoms with Crippen LogP contribution in [0, 0.1) is 0 Å². The number of hydrogen-bond acceptors (Lipinski definition) is 5.